The summed E-state index contributed by atoms with van der Waals surface area (Å²) in [6.45, 7) is 10.8. The summed E-state index contributed by atoms with van der Waals surface area (Å²) >= 11 is 0. The first-order valence-corrected chi connectivity index (χ1v) is 11.2. The first-order valence-electron chi connectivity index (χ1n) is 8.22. The molecule has 2 rings (SSSR count). The molecule has 1 fully saturated rings. The van der Waals surface area contributed by atoms with Crippen LogP contribution in [-0.2, 0) is 4.79 Å². The number of rotatable bonds is 3. The molecule has 1 saturated heterocycles. The topological polar surface area (TPSA) is 29.1 Å². The number of amides is 1. The van der Waals surface area contributed by atoms with Crippen LogP contribution >= 0.6 is 7.26 Å². The Bertz CT molecular complexity index is 509. The zero-order valence-corrected chi connectivity index (χ0v) is 15.2. The maximum atomic E-state index is 12.7. The Morgan fingerprint density at radius 3 is 2.14 bits per heavy atom. The SMILES string of the molecule is Cc1cc(C)c(NC(=O)C(C)[PH]2(C)CCCCC2)c(C)c1. The Morgan fingerprint density at radius 2 is 1.62 bits per heavy atom. The monoisotopic (exact) mass is 307 g/mol. The average Bonchev–Trinajstić information content (AvgIpc) is 2.42. The van der Waals surface area contributed by atoms with Crippen LogP contribution in [0.1, 0.15) is 42.9 Å². The number of carbonyl (C=O) groups excluding carboxylic acids is 1. The Hall–Kier alpha value is -0.880. The molecule has 1 atom stereocenters. The van der Waals surface area contributed by atoms with Crippen molar-refractivity contribution in [2.75, 3.05) is 24.3 Å². The average molecular weight is 307 g/mol. The van der Waals surface area contributed by atoms with E-state index in [0.29, 0.717) is 0 Å². The van der Waals surface area contributed by atoms with Gasteiger partial charge in [0.1, 0.15) is 0 Å². The first kappa shape index (κ1) is 16.5. The van der Waals surface area contributed by atoms with Crippen molar-refractivity contribution in [2.45, 2.75) is 52.6 Å². The minimum atomic E-state index is -1.41. The van der Waals surface area contributed by atoms with Crippen LogP contribution in [0.5, 0.6) is 0 Å². The van der Waals surface area contributed by atoms with Gasteiger partial charge >= 0.3 is 129 Å². The van der Waals surface area contributed by atoms with E-state index in [1.165, 1.54) is 48.3 Å². The molecule has 0 bridgehead atoms. The van der Waals surface area contributed by atoms with E-state index in [0.717, 1.165) is 5.69 Å². The standard InChI is InChI=1S/C18H30NOP/c1-13-11-14(2)17(15(3)12-13)19-18(20)16(4)21(5)9-7-6-8-10-21/h11-12,16,21H,6-10H2,1-5H3,(H,19,20). The first-order chi connectivity index (χ1) is 9.83. The van der Waals surface area contributed by atoms with Gasteiger partial charge in [0.05, 0.1) is 0 Å². The molecular formula is C18H30NOP. The van der Waals surface area contributed by atoms with Gasteiger partial charge in [0, 0.05) is 0 Å². The van der Waals surface area contributed by atoms with Gasteiger partial charge < -0.3 is 0 Å². The fourth-order valence-corrected chi connectivity index (χ4v) is 7.65. The molecule has 0 aromatic heterocycles. The molecule has 1 heterocycles. The van der Waals surface area contributed by atoms with Gasteiger partial charge in [0.25, 0.3) is 0 Å². The van der Waals surface area contributed by atoms with Gasteiger partial charge in [0.15, 0.2) is 0 Å². The van der Waals surface area contributed by atoms with Crippen molar-refractivity contribution < 1.29 is 4.79 Å². The van der Waals surface area contributed by atoms with Crippen LogP contribution in [-0.4, -0.2) is 30.6 Å². The van der Waals surface area contributed by atoms with Crippen LogP contribution in [0.3, 0.4) is 0 Å². The van der Waals surface area contributed by atoms with Crippen molar-refractivity contribution in [3.63, 3.8) is 0 Å². The van der Waals surface area contributed by atoms with Gasteiger partial charge in [-0.25, -0.2) is 0 Å². The predicted molar refractivity (Wildman–Crippen MR) is 96.6 cm³/mol. The predicted octanol–water partition coefficient (Wildman–Crippen LogP) is 4.50. The van der Waals surface area contributed by atoms with E-state index in [1.54, 1.807) is 0 Å². The number of nitrogens with one attached hydrogen (secondary N) is 1. The number of carbonyl (C=O) groups is 1. The number of anilines is 1. The summed E-state index contributed by atoms with van der Waals surface area (Å²) in [6, 6.07) is 4.29. The molecule has 1 aromatic rings. The fraction of sp³-hybridized carbons (Fsp3) is 0.611. The summed E-state index contributed by atoms with van der Waals surface area (Å²) in [6.07, 6.45) is 6.62. The second kappa shape index (κ2) is 6.48. The molecule has 2 nitrogen and oxygen atoms in total. The van der Waals surface area contributed by atoms with Gasteiger partial charge in [-0.15, -0.1) is 0 Å². The number of aryl methyl sites for hydroxylation is 3. The van der Waals surface area contributed by atoms with Crippen molar-refractivity contribution in [1.29, 1.82) is 0 Å². The Labute approximate surface area is 130 Å². The van der Waals surface area contributed by atoms with E-state index in [9.17, 15) is 4.79 Å². The summed E-state index contributed by atoms with van der Waals surface area (Å²) in [5.74, 6) is 0.237. The van der Waals surface area contributed by atoms with Gasteiger partial charge in [-0.3, -0.25) is 0 Å². The van der Waals surface area contributed by atoms with Gasteiger partial charge in [-0.05, 0) is 0 Å². The fourth-order valence-electron chi connectivity index (χ4n) is 3.72. The van der Waals surface area contributed by atoms with E-state index in [1.807, 2.05) is 0 Å². The van der Waals surface area contributed by atoms with Crippen LogP contribution in [0.4, 0.5) is 5.69 Å². The van der Waals surface area contributed by atoms with Crippen molar-refractivity contribution in [3.05, 3.63) is 28.8 Å². The zero-order chi connectivity index (χ0) is 15.6. The Balaban J connectivity index is 2.14. The second-order valence-corrected chi connectivity index (χ2v) is 12.4. The van der Waals surface area contributed by atoms with E-state index in [4.69, 9.17) is 0 Å². The molecule has 0 saturated carbocycles. The molecule has 1 aromatic carbocycles. The molecular weight excluding hydrogens is 277 g/mol. The molecule has 3 heteroatoms. The van der Waals surface area contributed by atoms with Crippen molar-refractivity contribution in [2.24, 2.45) is 0 Å². The van der Waals surface area contributed by atoms with Crippen molar-refractivity contribution >= 4 is 18.9 Å². The Kier molecular flexibility index (Phi) is 5.09. The van der Waals surface area contributed by atoms with Gasteiger partial charge in [0.2, 0.25) is 0 Å². The molecule has 0 aliphatic carbocycles. The molecule has 1 N–H and O–H groups in total. The number of benzene rings is 1. The maximum absolute atomic E-state index is 12.7. The van der Waals surface area contributed by atoms with Crippen LogP contribution in [0.2, 0.25) is 0 Å². The summed E-state index contributed by atoms with van der Waals surface area (Å²) in [4.78, 5) is 12.7. The second-order valence-electron chi connectivity index (χ2n) is 7.20. The molecule has 1 amide bonds. The van der Waals surface area contributed by atoms with E-state index in [2.05, 4.69) is 51.8 Å². The van der Waals surface area contributed by atoms with E-state index in [-0.39, 0.29) is 11.6 Å². The minimum absolute atomic E-state index is 0.206. The van der Waals surface area contributed by atoms with Crippen LogP contribution < -0.4 is 5.32 Å². The van der Waals surface area contributed by atoms with Crippen LogP contribution in [0.15, 0.2) is 12.1 Å². The molecule has 0 spiro atoms. The molecule has 118 valence electrons. The molecule has 0 radical (unpaired) electrons. The van der Waals surface area contributed by atoms with E-state index < -0.39 is 7.26 Å². The quantitative estimate of drug-likeness (QED) is 0.818. The molecule has 1 unspecified atom stereocenters. The van der Waals surface area contributed by atoms with Gasteiger partial charge in [-0.2, -0.15) is 0 Å². The zero-order valence-electron chi connectivity index (χ0n) is 14.2. The summed E-state index contributed by atoms with van der Waals surface area (Å²) < 4.78 is 0. The normalized spacial score (nSPS) is 20.6. The molecule has 1 aliphatic rings. The summed E-state index contributed by atoms with van der Waals surface area (Å²) in [5.41, 5.74) is 4.82. The van der Waals surface area contributed by atoms with E-state index >= 15 is 0 Å². The third kappa shape index (κ3) is 3.66. The van der Waals surface area contributed by atoms with Gasteiger partial charge in [-0.1, -0.05) is 0 Å². The van der Waals surface area contributed by atoms with Crippen LogP contribution in [0.25, 0.3) is 0 Å². The third-order valence-corrected chi connectivity index (χ3v) is 10.7. The Morgan fingerprint density at radius 1 is 1.10 bits per heavy atom. The third-order valence-electron chi connectivity index (χ3n) is 5.36. The van der Waals surface area contributed by atoms with Crippen LogP contribution in [0, 0.1) is 20.8 Å². The molecule has 21 heavy (non-hydrogen) atoms. The molecule has 1 aliphatic heterocycles. The number of hydrogen-bond acceptors (Lipinski definition) is 1. The summed E-state index contributed by atoms with van der Waals surface area (Å²) in [5, 5.41) is 3.22. The summed E-state index contributed by atoms with van der Waals surface area (Å²) in [7, 11) is -1.41. The van der Waals surface area contributed by atoms with Crippen molar-refractivity contribution in [3.8, 4) is 0 Å². The van der Waals surface area contributed by atoms with Crippen molar-refractivity contribution in [1.82, 2.24) is 0 Å². The number of hydrogen-bond donors (Lipinski definition) is 1.